The number of benzene rings is 2. The fourth-order valence-electron chi connectivity index (χ4n) is 2.40. The van der Waals surface area contributed by atoms with Gasteiger partial charge in [0.05, 0.1) is 16.6 Å². The number of nitrogens with zero attached hydrogens (tertiary/aromatic N) is 1. The van der Waals surface area contributed by atoms with E-state index in [9.17, 15) is 28.1 Å². The van der Waals surface area contributed by atoms with Crippen LogP contribution in [0.25, 0.3) is 0 Å². The van der Waals surface area contributed by atoms with Crippen molar-refractivity contribution < 1.29 is 32.4 Å². The van der Waals surface area contributed by atoms with E-state index in [0.29, 0.717) is 0 Å². The first-order chi connectivity index (χ1) is 12.3. The van der Waals surface area contributed by atoms with Crippen LogP contribution >= 0.6 is 0 Å². The van der Waals surface area contributed by atoms with Crippen molar-refractivity contribution in [1.82, 2.24) is 5.32 Å². The number of nitro benzene ring substituents is 1. The van der Waals surface area contributed by atoms with Crippen molar-refractivity contribution in [2.75, 3.05) is 6.79 Å². The normalized spacial score (nSPS) is 12.7. The van der Waals surface area contributed by atoms with Gasteiger partial charge in [0.25, 0.3) is 11.6 Å². The third-order valence-corrected chi connectivity index (χ3v) is 3.64. The Kier molecular flexibility index (Phi) is 4.41. The number of nitro groups is 1. The summed E-state index contributed by atoms with van der Waals surface area (Å²) in [7, 11) is 0. The van der Waals surface area contributed by atoms with Gasteiger partial charge in [0.2, 0.25) is 6.79 Å². The molecule has 136 valence electrons. The van der Waals surface area contributed by atoms with Gasteiger partial charge in [-0.2, -0.15) is 13.2 Å². The van der Waals surface area contributed by atoms with Gasteiger partial charge in [-0.25, -0.2) is 0 Å². The molecule has 0 saturated heterocycles. The van der Waals surface area contributed by atoms with E-state index in [1.807, 2.05) is 0 Å². The molecule has 1 N–H and O–H groups in total. The Balaban J connectivity index is 1.80. The zero-order valence-corrected chi connectivity index (χ0v) is 13.0. The lowest BCUT2D eigenvalue weighted by Gasteiger charge is -2.10. The molecule has 1 heterocycles. The minimum atomic E-state index is -4.50. The standard InChI is InChI=1S/C16H11F3N2O5/c17-16(18,19)10-3-1-2-9(4-10)7-20-15(22)11-5-13-14(26-8-25-13)6-12(11)21(23)24/h1-6H,7-8H2,(H,20,22). The van der Waals surface area contributed by atoms with E-state index >= 15 is 0 Å². The number of halogens is 3. The van der Waals surface area contributed by atoms with E-state index in [1.165, 1.54) is 18.2 Å². The smallest absolute Gasteiger partial charge is 0.416 e. The van der Waals surface area contributed by atoms with Crippen LogP contribution in [0.15, 0.2) is 36.4 Å². The summed E-state index contributed by atoms with van der Waals surface area (Å²) in [6.45, 7) is -0.351. The summed E-state index contributed by atoms with van der Waals surface area (Å²) in [5.74, 6) is -0.488. The van der Waals surface area contributed by atoms with E-state index in [-0.39, 0.29) is 36.0 Å². The van der Waals surface area contributed by atoms with Crippen molar-refractivity contribution in [1.29, 1.82) is 0 Å². The number of nitrogens with one attached hydrogen (secondary N) is 1. The van der Waals surface area contributed by atoms with Crippen LogP contribution in [0.1, 0.15) is 21.5 Å². The minimum Gasteiger partial charge on any atom is -0.454 e. The quantitative estimate of drug-likeness (QED) is 0.661. The van der Waals surface area contributed by atoms with Crippen molar-refractivity contribution >= 4 is 11.6 Å². The Hall–Kier alpha value is -3.30. The first-order valence-electron chi connectivity index (χ1n) is 7.28. The molecule has 0 radical (unpaired) electrons. The Labute approximate surface area is 144 Å². The monoisotopic (exact) mass is 368 g/mol. The largest absolute Gasteiger partial charge is 0.454 e. The number of carbonyl (C=O) groups excluding carboxylic acids is 1. The molecule has 0 aromatic heterocycles. The van der Waals surface area contributed by atoms with Crippen molar-refractivity contribution in [3.05, 3.63) is 63.2 Å². The molecule has 0 fully saturated rings. The van der Waals surface area contributed by atoms with Crippen LogP contribution in [0.5, 0.6) is 11.5 Å². The number of hydrogen-bond donors (Lipinski definition) is 1. The topological polar surface area (TPSA) is 90.7 Å². The predicted molar refractivity (Wildman–Crippen MR) is 81.8 cm³/mol. The second kappa shape index (κ2) is 6.54. The maximum Gasteiger partial charge on any atom is 0.416 e. The maximum absolute atomic E-state index is 12.7. The molecule has 1 amide bonds. The number of hydrogen-bond acceptors (Lipinski definition) is 5. The Morgan fingerprint density at radius 2 is 1.88 bits per heavy atom. The maximum atomic E-state index is 12.7. The second-order valence-electron chi connectivity index (χ2n) is 5.36. The average Bonchev–Trinajstić information content (AvgIpc) is 3.05. The highest BCUT2D eigenvalue weighted by Crippen LogP contribution is 2.38. The predicted octanol–water partition coefficient (Wildman–Crippen LogP) is 3.27. The molecule has 26 heavy (non-hydrogen) atoms. The van der Waals surface area contributed by atoms with Crippen LogP contribution in [0.2, 0.25) is 0 Å². The van der Waals surface area contributed by atoms with Crippen molar-refractivity contribution in [3.63, 3.8) is 0 Å². The van der Waals surface area contributed by atoms with Crippen LogP contribution in [0, 0.1) is 10.1 Å². The summed E-state index contributed by atoms with van der Waals surface area (Å²) in [5, 5.41) is 13.5. The lowest BCUT2D eigenvalue weighted by molar-refractivity contribution is -0.385. The van der Waals surface area contributed by atoms with Gasteiger partial charge in [-0.1, -0.05) is 12.1 Å². The van der Waals surface area contributed by atoms with Crippen molar-refractivity contribution in [3.8, 4) is 11.5 Å². The lowest BCUT2D eigenvalue weighted by Crippen LogP contribution is -2.24. The zero-order chi connectivity index (χ0) is 18.9. The summed E-state index contributed by atoms with van der Waals surface area (Å²) >= 11 is 0. The molecule has 3 rings (SSSR count). The first kappa shape index (κ1) is 17.5. The average molecular weight is 368 g/mol. The zero-order valence-electron chi connectivity index (χ0n) is 13.0. The van der Waals surface area contributed by atoms with Gasteiger partial charge in [0.15, 0.2) is 11.5 Å². The highest BCUT2D eigenvalue weighted by molar-refractivity contribution is 5.99. The molecule has 0 spiro atoms. The van der Waals surface area contributed by atoms with Crippen LogP contribution in [-0.2, 0) is 12.7 Å². The van der Waals surface area contributed by atoms with Crippen LogP contribution < -0.4 is 14.8 Å². The second-order valence-corrected chi connectivity index (χ2v) is 5.36. The van der Waals surface area contributed by atoms with Gasteiger partial charge < -0.3 is 14.8 Å². The molecule has 2 aromatic rings. The minimum absolute atomic E-state index is 0.123. The van der Waals surface area contributed by atoms with E-state index in [1.54, 1.807) is 0 Å². The van der Waals surface area contributed by atoms with Crippen LogP contribution in [0.3, 0.4) is 0 Å². The number of fused-ring (bicyclic) bond motifs is 1. The highest BCUT2D eigenvalue weighted by Gasteiger charge is 2.30. The SMILES string of the molecule is O=C(NCc1cccc(C(F)(F)F)c1)c1cc2c(cc1[N+](=O)[O-])OCO2. The molecule has 7 nitrogen and oxygen atoms in total. The summed E-state index contributed by atoms with van der Waals surface area (Å²) in [4.78, 5) is 22.7. The number of ether oxygens (including phenoxy) is 2. The van der Waals surface area contributed by atoms with Gasteiger partial charge in [-0.05, 0) is 17.7 Å². The lowest BCUT2D eigenvalue weighted by atomic mass is 10.1. The van der Waals surface area contributed by atoms with Crippen LogP contribution in [-0.4, -0.2) is 17.6 Å². The number of rotatable bonds is 4. The van der Waals surface area contributed by atoms with E-state index in [2.05, 4.69) is 5.32 Å². The van der Waals surface area contributed by atoms with Gasteiger partial charge in [0, 0.05) is 12.6 Å². The van der Waals surface area contributed by atoms with Crippen LogP contribution in [0.4, 0.5) is 18.9 Å². The van der Waals surface area contributed by atoms with Gasteiger partial charge in [-0.15, -0.1) is 0 Å². The fraction of sp³-hybridized carbons (Fsp3) is 0.188. The Morgan fingerprint density at radius 3 is 2.54 bits per heavy atom. The molecule has 0 atom stereocenters. The van der Waals surface area contributed by atoms with E-state index in [0.717, 1.165) is 18.2 Å². The molecular formula is C16H11F3N2O5. The molecule has 0 bridgehead atoms. The Morgan fingerprint density at radius 1 is 1.19 bits per heavy atom. The van der Waals surface area contributed by atoms with Gasteiger partial charge in [0.1, 0.15) is 5.56 Å². The molecule has 0 saturated carbocycles. The molecule has 1 aliphatic heterocycles. The van der Waals surface area contributed by atoms with Gasteiger partial charge in [-0.3, -0.25) is 14.9 Å². The molecular weight excluding hydrogens is 357 g/mol. The molecule has 1 aliphatic rings. The molecule has 2 aromatic carbocycles. The highest BCUT2D eigenvalue weighted by atomic mass is 19.4. The summed E-state index contributed by atoms with van der Waals surface area (Å²) in [6, 6.07) is 6.67. The van der Waals surface area contributed by atoms with Crippen molar-refractivity contribution in [2.24, 2.45) is 0 Å². The van der Waals surface area contributed by atoms with Crippen molar-refractivity contribution in [2.45, 2.75) is 12.7 Å². The number of amides is 1. The fourth-order valence-corrected chi connectivity index (χ4v) is 2.40. The van der Waals surface area contributed by atoms with Gasteiger partial charge >= 0.3 is 6.18 Å². The molecule has 0 aliphatic carbocycles. The molecule has 0 unspecified atom stereocenters. The summed E-state index contributed by atoms with van der Waals surface area (Å²) in [6.07, 6.45) is -4.50. The summed E-state index contributed by atoms with van der Waals surface area (Å²) < 4.78 is 48.3. The van der Waals surface area contributed by atoms with E-state index in [4.69, 9.17) is 9.47 Å². The number of carbonyl (C=O) groups is 1. The van der Waals surface area contributed by atoms with E-state index < -0.39 is 28.3 Å². The third kappa shape index (κ3) is 3.53. The Bertz CT molecular complexity index is 883. The first-order valence-corrected chi connectivity index (χ1v) is 7.28. The number of alkyl halides is 3. The summed E-state index contributed by atoms with van der Waals surface area (Å²) in [5.41, 5.74) is -1.41. The molecule has 10 heteroatoms. The third-order valence-electron chi connectivity index (χ3n) is 3.64.